The summed E-state index contributed by atoms with van der Waals surface area (Å²) in [7, 11) is 1.74. The standard InChI is InChI=1S/C9H16N2O3/c1-6(4-8(12)13)11-5-7(2)10(3)9(11)14/h6-7H,4-5H2,1-3H3,(H,12,13). The SMILES string of the molecule is CC1CN(C(C)CC(=O)O)C(=O)N1C. The van der Waals surface area contributed by atoms with Gasteiger partial charge in [-0.3, -0.25) is 4.79 Å². The monoisotopic (exact) mass is 200 g/mol. The lowest BCUT2D eigenvalue weighted by atomic mass is 10.2. The Morgan fingerprint density at radius 1 is 1.71 bits per heavy atom. The summed E-state index contributed by atoms with van der Waals surface area (Å²) in [5, 5.41) is 8.61. The molecule has 1 heterocycles. The van der Waals surface area contributed by atoms with Gasteiger partial charge in [-0.05, 0) is 13.8 Å². The first-order valence-electron chi connectivity index (χ1n) is 4.68. The summed E-state index contributed by atoms with van der Waals surface area (Å²) in [6.07, 6.45) is 0.00625. The molecule has 14 heavy (non-hydrogen) atoms. The van der Waals surface area contributed by atoms with E-state index in [0.29, 0.717) is 6.54 Å². The number of nitrogens with zero attached hydrogens (tertiary/aromatic N) is 2. The van der Waals surface area contributed by atoms with Gasteiger partial charge in [-0.1, -0.05) is 0 Å². The van der Waals surface area contributed by atoms with Crippen LogP contribution in [0, 0.1) is 0 Å². The minimum atomic E-state index is -0.868. The van der Waals surface area contributed by atoms with E-state index in [9.17, 15) is 9.59 Å². The van der Waals surface area contributed by atoms with Gasteiger partial charge in [0.1, 0.15) is 0 Å². The lowest BCUT2D eigenvalue weighted by molar-refractivity contribution is -0.137. The first kappa shape index (κ1) is 10.8. The Balaban J connectivity index is 2.62. The Morgan fingerprint density at radius 3 is 2.64 bits per heavy atom. The van der Waals surface area contributed by atoms with Crippen LogP contribution in [0.3, 0.4) is 0 Å². The number of urea groups is 1. The summed E-state index contributed by atoms with van der Waals surface area (Å²) in [5.41, 5.74) is 0. The molecule has 1 saturated heterocycles. The Morgan fingerprint density at radius 2 is 2.29 bits per heavy atom. The van der Waals surface area contributed by atoms with E-state index in [-0.39, 0.29) is 24.5 Å². The molecule has 0 radical (unpaired) electrons. The number of amides is 2. The van der Waals surface area contributed by atoms with Crippen molar-refractivity contribution in [2.75, 3.05) is 13.6 Å². The average molecular weight is 200 g/mol. The van der Waals surface area contributed by atoms with E-state index in [1.54, 1.807) is 23.8 Å². The molecule has 0 spiro atoms. The maximum absolute atomic E-state index is 11.6. The third kappa shape index (κ3) is 1.97. The second kappa shape index (κ2) is 3.86. The van der Waals surface area contributed by atoms with Gasteiger partial charge in [-0.2, -0.15) is 0 Å². The molecule has 2 atom stereocenters. The van der Waals surface area contributed by atoms with Gasteiger partial charge in [-0.25, -0.2) is 4.79 Å². The summed E-state index contributed by atoms with van der Waals surface area (Å²) >= 11 is 0. The van der Waals surface area contributed by atoms with E-state index in [4.69, 9.17) is 5.11 Å². The maximum atomic E-state index is 11.6. The van der Waals surface area contributed by atoms with Crippen LogP contribution in [0.25, 0.3) is 0 Å². The van der Waals surface area contributed by atoms with Crippen molar-refractivity contribution in [3.8, 4) is 0 Å². The Hall–Kier alpha value is -1.26. The minimum Gasteiger partial charge on any atom is -0.481 e. The molecule has 1 rings (SSSR count). The fraction of sp³-hybridized carbons (Fsp3) is 0.778. The smallest absolute Gasteiger partial charge is 0.320 e. The summed E-state index contributed by atoms with van der Waals surface area (Å²) in [5.74, 6) is -0.868. The first-order chi connectivity index (χ1) is 6.43. The summed E-state index contributed by atoms with van der Waals surface area (Å²) in [4.78, 5) is 25.3. The molecule has 0 bridgehead atoms. The van der Waals surface area contributed by atoms with Crippen LogP contribution >= 0.6 is 0 Å². The molecule has 0 aromatic carbocycles. The Labute approximate surface area is 83.3 Å². The molecule has 1 aliphatic heterocycles. The van der Waals surface area contributed by atoms with Crippen LogP contribution in [0.15, 0.2) is 0 Å². The van der Waals surface area contributed by atoms with Crippen molar-refractivity contribution in [3.63, 3.8) is 0 Å². The maximum Gasteiger partial charge on any atom is 0.320 e. The van der Waals surface area contributed by atoms with Gasteiger partial charge < -0.3 is 14.9 Å². The van der Waals surface area contributed by atoms with Crippen LogP contribution < -0.4 is 0 Å². The largest absolute Gasteiger partial charge is 0.481 e. The normalized spacial score (nSPS) is 24.2. The van der Waals surface area contributed by atoms with Gasteiger partial charge in [0.05, 0.1) is 6.42 Å². The van der Waals surface area contributed by atoms with E-state index < -0.39 is 5.97 Å². The molecular weight excluding hydrogens is 184 g/mol. The molecule has 0 aromatic heterocycles. The first-order valence-corrected chi connectivity index (χ1v) is 4.68. The molecule has 0 aliphatic carbocycles. The molecular formula is C9H16N2O3. The van der Waals surface area contributed by atoms with E-state index in [2.05, 4.69) is 0 Å². The predicted molar refractivity (Wildman–Crippen MR) is 51.0 cm³/mol. The third-order valence-electron chi connectivity index (χ3n) is 2.67. The van der Waals surface area contributed by atoms with Crippen LogP contribution in [0.1, 0.15) is 20.3 Å². The van der Waals surface area contributed by atoms with Gasteiger partial charge in [0.2, 0.25) is 0 Å². The van der Waals surface area contributed by atoms with E-state index in [0.717, 1.165) is 0 Å². The lowest BCUT2D eigenvalue weighted by Crippen LogP contribution is -2.37. The zero-order valence-electron chi connectivity index (χ0n) is 8.73. The minimum absolute atomic E-state index is 0.00625. The van der Waals surface area contributed by atoms with Crippen molar-refractivity contribution in [2.45, 2.75) is 32.4 Å². The van der Waals surface area contributed by atoms with E-state index in [1.165, 1.54) is 0 Å². The number of hydrogen-bond donors (Lipinski definition) is 1. The summed E-state index contributed by atoms with van der Waals surface area (Å²) in [6.45, 7) is 4.33. The van der Waals surface area contributed by atoms with Crippen molar-refractivity contribution in [3.05, 3.63) is 0 Å². The average Bonchev–Trinajstić information content (AvgIpc) is 2.32. The number of likely N-dealkylation sites (N-methyl/N-ethyl adjacent to an activating group) is 1. The Kier molecular flexibility index (Phi) is 2.98. The topological polar surface area (TPSA) is 60.9 Å². The van der Waals surface area contributed by atoms with Gasteiger partial charge in [-0.15, -0.1) is 0 Å². The number of carboxylic acids is 1. The second-order valence-electron chi connectivity index (χ2n) is 3.84. The Bertz CT molecular complexity index is 254. The molecule has 2 amide bonds. The van der Waals surface area contributed by atoms with Crippen LogP contribution in [-0.2, 0) is 4.79 Å². The quantitative estimate of drug-likeness (QED) is 0.726. The zero-order chi connectivity index (χ0) is 10.9. The molecule has 0 aromatic rings. The second-order valence-corrected chi connectivity index (χ2v) is 3.84. The fourth-order valence-electron chi connectivity index (χ4n) is 1.61. The van der Waals surface area contributed by atoms with Crippen molar-refractivity contribution in [1.29, 1.82) is 0 Å². The van der Waals surface area contributed by atoms with Crippen molar-refractivity contribution in [2.24, 2.45) is 0 Å². The number of carbonyl (C=O) groups is 2. The number of rotatable bonds is 3. The molecule has 5 heteroatoms. The molecule has 80 valence electrons. The molecule has 1 N–H and O–H groups in total. The lowest BCUT2D eigenvalue weighted by Gasteiger charge is -2.22. The summed E-state index contributed by atoms with van der Waals surface area (Å²) < 4.78 is 0. The number of carbonyl (C=O) groups excluding carboxylic acids is 1. The van der Waals surface area contributed by atoms with Crippen molar-refractivity contribution in [1.82, 2.24) is 9.80 Å². The summed E-state index contributed by atoms with van der Waals surface area (Å²) in [6, 6.07) is -0.141. The van der Waals surface area contributed by atoms with Gasteiger partial charge in [0.25, 0.3) is 0 Å². The van der Waals surface area contributed by atoms with Crippen LogP contribution in [0.2, 0.25) is 0 Å². The van der Waals surface area contributed by atoms with Crippen molar-refractivity contribution < 1.29 is 14.7 Å². The van der Waals surface area contributed by atoms with Crippen LogP contribution in [0.4, 0.5) is 4.79 Å². The fourth-order valence-corrected chi connectivity index (χ4v) is 1.61. The molecule has 2 unspecified atom stereocenters. The van der Waals surface area contributed by atoms with Crippen molar-refractivity contribution >= 4 is 12.0 Å². The molecule has 5 nitrogen and oxygen atoms in total. The number of hydrogen-bond acceptors (Lipinski definition) is 2. The number of carboxylic acid groups (broad SMARTS) is 1. The van der Waals surface area contributed by atoms with Gasteiger partial charge in [0, 0.05) is 25.7 Å². The van der Waals surface area contributed by atoms with Crippen LogP contribution in [0.5, 0.6) is 0 Å². The van der Waals surface area contributed by atoms with Gasteiger partial charge >= 0.3 is 12.0 Å². The van der Waals surface area contributed by atoms with E-state index in [1.807, 2.05) is 6.92 Å². The molecule has 1 aliphatic rings. The number of aliphatic carboxylic acids is 1. The van der Waals surface area contributed by atoms with Crippen LogP contribution in [-0.4, -0.2) is 52.6 Å². The highest BCUT2D eigenvalue weighted by Gasteiger charge is 2.34. The third-order valence-corrected chi connectivity index (χ3v) is 2.67. The van der Waals surface area contributed by atoms with Gasteiger partial charge in [0.15, 0.2) is 0 Å². The predicted octanol–water partition coefficient (Wildman–Crippen LogP) is 0.606. The highest BCUT2D eigenvalue weighted by molar-refractivity contribution is 5.78. The molecule has 1 fully saturated rings. The highest BCUT2D eigenvalue weighted by Crippen LogP contribution is 2.17. The zero-order valence-corrected chi connectivity index (χ0v) is 8.73. The molecule has 0 saturated carbocycles. The van der Waals surface area contributed by atoms with E-state index >= 15 is 0 Å². The highest BCUT2D eigenvalue weighted by atomic mass is 16.4.